The van der Waals surface area contributed by atoms with Crippen LogP contribution in [0.2, 0.25) is 0 Å². The Morgan fingerprint density at radius 2 is 1.85 bits per heavy atom. The first-order valence-corrected chi connectivity index (χ1v) is 15.2. The molecule has 1 N–H and O–H groups in total. The van der Waals surface area contributed by atoms with Gasteiger partial charge in [-0.3, -0.25) is 4.55 Å². The van der Waals surface area contributed by atoms with Crippen molar-refractivity contribution in [3.63, 3.8) is 0 Å². The number of aryl methyl sites for hydroxylation is 2. The Morgan fingerprint density at radius 1 is 1.10 bits per heavy atom. The Bertz CT molecular complexity index is 1630. The molecule has 39 heavy (non-hydrogen) atoms. The number of rotatable bonds is 10. The van der Waals surface area contributed by atoms with E-state index in [1.165, 1.54) is 16.7 Å². The van der Waals surface area contributed by atoms with E-state index in [4.69, 9.17) is 11.1 Å². The molecule has 0 spiro atoms. The Labute approximate surface area is 231 Å². The van der Waals surface area contributed by atoms with Gasteiger partial charge < -0.3 is 0 Å². The van der Waals surface area contributed by atoms with Crippen LogP contribution in [0.1, 0.15) is 80.8 Å². The highest BCUT2D eigenvalue weighted by Gasteiger charge is 2.33. The third-order valence-corrected chi connectivity index (χ3v) is 8.50. The molecule has 0 saturated heterocycles. The Hall–Kier alpha value is -3.72. The molecule has 4 rings (SSSR count). The molecule has 1 aromatic heterocycles. The van der Waals surface area contributed by atoms with Crippen LogP contribution in [0.5, 0.6) is 0 Å². The number of nitrogens with zero attached hydrogens (tertiary/aromatic N) is 4. The van der Waals surface area contributed by atoms with Gasteiger partial charge in [0.2, 0.25) is 0 Å². The van der Waals surface area contributed by atoms with Crippen LogP contribution in [0.25, 0.3) is 22.0 Å². The molecule has 202 valence electrons. The maximum absolute atomic E-state index is 11.2. The standard InChI is InChI=1S/C31H34N4O3S/c1-5-24-26(25(6-2)28-19-22(21-32)13-15-27(24)28)11-10-12-31-34(7-3)29-16-14-23(33-4)20-30(29)35(31)17-8-9-18-39(36,37)38/h10-16,19-20,24-25H,5-9,17-18H2,1-3H3/p+1/b12-10+,26-11-. The Kier molecular flexibility index (Phi) is 8.70. The van der Waals surface area contributed by atoms with E-state index in [9.17, 15) is 13.7 Å². The Morgan fingerprint density at radius 3 is 2.49 bits per heavy atom. The fraction of sp³-hybridized carbons (Fsp3) is 0.387. The van der Waals surface area contributed by atoms with E-state index in [0.717, 1.165) is 36.2 Å². The van der Waals surface area contributed by atoms with E-state index in [1.807, 2.05) is 30.3 Å². The quantitative estimate of drug-likeness (QED) is 0.134. The van der Waals surface area contributed by atoms with Crippen molar-refractivity contribution in [1.82, 2.24) is 4.57 Å². The van der Waals surface area contributed by atoms with Crippen molar-refractivity contribution >= 4 is 32.9 Å². The minimum Gasteiger partial charge on any atom is -0.286 e. The van der Waals surface area contributed by atoms with Crippen LogP contribution < -0.4 is 4.57 Å². The van der Waals surface area contributed by atoms with Gasteiger partial charge in [0.1, 0.15) is 0 Å². The van der Waals surface area contributed by atoms with Gasteiger partial charge in [0.25, 0.3) is 15.9 Å². The van der Waals surface area contributed by atoms with Crippen LogP contribution >= 0.6 is 0 Å². The highest BCUT2D eigenvalue weighted by atomic mass is 32.2. The summed E-state index contributed by atoms with van der Waals surface area (Å²) in [6.45, 7) is 15.2. The highest BCUT2D eigenvalue weighted by Crippen LogP contribution is 2.49. The van der Waals surface area contributed by atoms with E-state index in [1.54, 1.807) is 0 Å². The van der Waals surface area contributed by atoms with Gasteiger partial charge >= 0.3 is 0 Å². The first kappa shape index (κ1) is 28.3. The molecule has 0 bridgehead atoms. The number of hydrogen-bond acceptors (Lipinski definition) is 3. The second-order valence-corrected chi connectivity index (χ2v) is 11.5. The Balaban J connectivity index is 1.75. The third kappa shape index (κ3) is 5.83. The zero-order chi connectivity index (χ0) is 28.2. The predicted octanol–water partition coefficient (Wildman–Crippen LogP) is 6.68. The smallest absolute Gasteiger partial charge is 0.282 e. The summed E-state index contributed by atoms with van der Waals surface area (Å²) in [5.41, 5.74) is 7.12. The van der Waals surface area contributed by atoms with Gasteiger partial charge in [-0.25, -0.2) is 14.0 Å². The number of aromatic nitrogens is 2. The van der Waals surface area contributed by atoms with E-state index in [0.29, 0.717) is 36.6 Å². The molecule has 3 aromatic rings. The molecule has 0 radical (unpaired) electrons. The van der Waals surface area contributed by atoms with Crippen molar-refractivity contribution in [3.05, 3.63) is 88.1 Å². The molecule has 0 fully saturated rings. The van der Waals surface area contributed by atoms with Crippen molar-refractivity contribution < 1.29 is 17.5 Å². The zero-order valence-corrected chi connectivity index (χ0v) is 23.6. The third-order valence-electron chi connectivity index (χ3n) is 7.69. The van der Waals surface area contributed by atoms with E-state index in [2.05, 4.69) is 65.1 Å². The van der Waals surface area contributed by atoms with Crippen molar-refractivity contribution in [2.75, 3.05) is 5.75 Å². The maximum atomic E-state index is 11.2. The molecule has 0 amide bonds. The van der Waals surface area contributed by atoms with Crippen molar-refractivity contribution in [2.24, 2.45) is 0 Å². The number of hydrogen-bond donors (Lipinski definition) is 1. The summed E-state index contributed by atoms with van der Waals surface area (Å²) in [5, 5.41) is 9.43. The van der Waals surface area contributed by atoms with Crippen molar-refractivity contribution in [1.29, 1.82) is 5.26 Å². The monoisotopic (exact) mass is 543 g/mol. The summed E-state index contributed by atoms with van der Waals surface area (Å²) in [7, 11) is -4.00. The SMILES string of the molecule is [C-]#[N+]c1ccc2c(c1)n(CCCCS(=O)(=O)O)c(/C=C/C=C1/C(CC)c3ccc(C#N)cc3C1CC)[n+]2CC. The molecule has 8 heteroatoms. The molecule has 2 aromatic carbocycles. The van der Waals surface area contributed by atoms with Gasteiger partial charge in [-0.1, -0.05) is 43.7 Å². The van der Waals surface area contributed by atoms with Crippen LogP contribution in [0.4, 0.5) is 5.69 Å². The van der Waals surface area contributed by atoms with Crippen molar-refractivity contribution in [3.8, 4) is 6.07 Å². The highest BCUT2D eigenvalue weighted by molar-refractivity contribution is 7.85. The van der Waals surface area contributed by atoms with Gasteiger partial charge in [-0.2, -0.15) is 13.7 Å². The van der Waals surface area contributed by atoms with Gasteiger partial charge in [0.05, 0.1) is 37.0 Å². The molecular weight excluding hydrogens is 508 g/mol. The summed E-state index contributed by atoms with van der Waals surface area (Å²) in [6, 6.07) is 14.0. The maximum Gasteiger partial charge on any atom is 0.282 e. The topological polar surface area (TPSA) is 91.3 Å². The second kappa shape index (κ2) is 12.0. The molecular formula is C31H35N4O3S+. The van der Waals surface area contributed by atoms with Crippen LogP contribution in [0.3, 0.4) is 0 Å². The second-order valence-electron chi connectivity index (χ2n) is 9.94. The van der Waals surface area contributed by atoms with E-state index < -0.39 is 10.1 Å². The summed E-state index contributed by atoms with van der Waals surface area (Å²) >= 11 is 0. The lowest BCUT2D eigenvalue weighted by Crippen LogP contribution is -2.35. The van der Waals surface area contributed by atoms with Gasteiger partial charge in [-0.15, -0.1) is 0 Å². The number of allylic oxidation sites excluding steroid dienone is 3. The number of benzene rings is 2. The van der Waals surface area contributed by atoms with E-state index >= 15 is 0 Å². The van der Waals surface area contributed by atoms with Gasteiger partial charge in [0.15, 0.2) is 16.7 Å². The number of fused-ring (bicyclic) bond motifs is 2. The molecule has 0 saturated carbocycles. The average Bonchev–Trinajstić information content (AvgIpc) is 3.40. The number of nitriles is 1. The summed E-state index contributed by atoms with van der Waals surface area (Å²) in [5.74, 6) is 1.29. The van der Waals surface area contributed by atoms with Crippen LogP contribution in [-0.4, -0.2) is 23.3 Å². The molecule has 1 aliphatic carbocycles. The van der Waals surface area contributed by atoms with E-state index in [-0.39, 0.29) is 11.7 Å². The molecule has 0 aliphatic heterocycles. The zero-order valence-electron chi connectivity index (χ0n) is 22.8. The fourth-order valence-corrected chi connectivity index (χ4v) is 6.54. The van der Waals surface area contributed by atoms with Gasteiger partial charge in [-0.05, 0) is 68.0 Å². The molecule has 1 aliphatic rings. The van der Waals surface area contributed by atoms with Crippen molar-refractivity contribution in [2.45, 2.75) is 71.4 Å². The first-order chi connectivity index (χ1) is 18.8. The lowest BCUT2D eigenvalue weighted by molar-refractivity contribution is -0.670. The number of unbranched alkanes of at least 4 members (excludes halogenated alkanes) is 1. The lowest BCUT2D eigenvalue weighted by atomic mass is 9.90. The lowest BCUT2D eigenvalue weighted by Gasteiger charge is -2.14. The number of imidazole rings is 1. The van der Waals surface area contributed by atoms with Gasteiger partial charge in [0, 0.05) is 17.9 Å². The molecule has 2 atom stereocenters. The summed E-state index contributed by atoms with van der Waals surface area (Å²) < 4.78 is 35.9. The first-order valence-electron chi connectivity index (χ1n) is 13.6. The molecule has 1 heterocycles. The largest absolute Gasteiger partial charge is 0.286 e. The minimum absolute atomic E-state index is 0.268. The minimum atomic E-state index is -4.00. The summed E-state index contributed by atoms with van der Waals surface area (Å²) in [4.78, 5) is 3.60. The molecule has 2 unspecified atom stereocenters. The molecule has 7 nitrogen and oxygen atoms in total. The normalized spacial score (nSPS) is 18.1. The van der Waals surface area contributed by atoms with Crippen LogP contribution in [0.15, 0.2) is 54.1 Å². The van der Waals surface area contributed by atoms with Crippen LogP contribution in [-0.2, 0) is 23.2 Å². The summed E-state index contributed by atoms with van der Waals surface area (Å²) in [6.07, 6.45) is 9.28. The average molecular weight is 544 g/mol. The fourth-order valence-electron chi connectivity index (χ4n) is 5.97. The predicted molar refractivity (Wildman–Crippen MR) is 154 cm³/mol. The van der Waals surface area contributed by atoms with Crippen LogP contribution in [0, 0.1) is 17.9 Å².